The summed E-state index contributed by atoms with van der Waals surface area (Å²) in [7, 11) is 0. The summed E-state index contributed by atoms with van der Waals surface area (Å²) in [6, 6.07) is 10.6. The molecular weight excluding hydrogens is 337 g/mol. The van der Waals surface area contributed by atoms with E-state index in [9.17, 15) is 9.18 Å². The number of fused-ring (bicyclic) bond motifs is 1. The van der Waals surface area contributed by atoms with Gasteiger partial charge in [-0.15, -0.1) is 0 Å². The van der Waals surface area contributed by atoms with Crippen LogP contribution >= 0.6 is 11.6 Å². The molecule has 6 nitrogen and oxygen atoms in total. The molecule has 0 unspecified atom stereocenters. The molecule has 4 aromatic rings. The summed E-state index contributed by atoms with van der Waals surface area (Å²) in [6.45, 7) is 0.0572. The zero-order valence-corrected chi connectivity index (χ0v) is 12.8. The average Bonchev–Trinajstić information content (AvgIpc) is 3.13. The zero-order valence-electron chi connectivity index (χ0n) is 12.1. The summed E-state index contributed by atoms with van der Waals surface area (Å²) in [5.74, 6) is -0.352. The summed E-state index contributed by atoms with van der Waals surface area (Å²) >= 11 is 5.88. The van der Waals surface area contributed by atoms with Gasteiger partial charge in [0, 0.05) is 16.7 Å². The Kier molecular flexibility index (Phi) is 3.42. The molecule has 0 N–H and O–H groups in total. The molecule has 2 heterocycles. The van der Waals surface area contributed by atoms with Gasteiger partial charge in [0.2, 0.25) is 11.7 Å². The van der Waals surface area contributed by atoms with E-state index >= 15 is 0 Å². The van der Waals surface area contributed by atoms with E-state index in [-0.39, 0.29) is 18.3 Å². The quantitative estimate of drug-likeness (QED) is 0.568. The first-order chi connectivity index (χ1) is 11.6. The Morgan fingerprint density at radius 2 is 1.96 bits per heavy atom. The molecule has 0 aliphatic rings. The molecule has 0 saturated carbocycles. The summed E-state index contributed by atoms with van der Waals surface area (Å²) in [5.41, 5.74) is 1.57. The van der Waals surface area contributed by atoms with Crippen molar-refractivity contribution in [1.29, 1.82) is 0 Å². The molecule has 4 rings (SSSR count). The summed E-state index contributed by atoms with van der Waals surface area (Å²) in [4.78, 5) is 16.2. The molecule has 0 fully saturated rings. The highest BCUT2D eigenvalue weighted by Gasteiger charge is 2.14. The second-order valence-electron chi connectivity index (χ2n) is 5.08. The van der Waals surface area contributed by atoms with Crippen molar-refractivity contribution in [3.63, 3.8) is 0 Å². The number of nitrogens with zero attached hydrogens (tertiary/aromatic N) is 3. The van der Waals surface area contributed by atoms with Crippen LogP contribution in [0, 0.1) is 5.82 Å². The van der Waals surface area contributed by atoms with Gasteiger partial charge in [-0.3, -0.25) is 4.57 Å². The maximum Gasteiger partial charge on any atom is 0.420 e. The van der Waals surface area contributed by atoms with E-state index < -0.39 is 5.76 Å². The second-order valence-corrected chi connectivity index (χ2v) is 5.52. The SMILES string of the molecule is O=c1oc2cc(Cl)ccc2n1Cc1nc(-c2ccc(F)cc2)no1. The first kappa shape index (κ1) is 14.6. The van der Waals surface area contributed by atoms with Crippen molar-refractivity contribution in [1.82, 2.24) is 14.7 Å². The fraction of sp³-hybridized carbons (Fsp3) is 0.0625. The van der Waals surface area contributed by atoms with Crippen LogP contribution in [0.5, 0.6) is 0 Å². The first-order valence-corrected chi connectivity index (χ1v) is 7.35. The Morgan fingerprint density at radius 3 is 2.75 bits per heavy atom. The van der Waals surface area contributed by atoms with Crippen LogP contribution < -0.4 is 5.76 Å². The fourth-order valence-electron chi connectivity index (χ4n) is 2.36. The van der Waals surface area contributed by atoms with E-state index in [0.29, 0.717) is 27.5 Å². The van der Waals surface area contributed by atoms with Gasteiger partial charge in [-0.2, -0.15) is 4.98 Å². The lowest BCUT2D eigenvalue weighted by Gasteiger charge is -1.97. The predicted octanol–water partition coefficient (Wildman–Crippen LogP) is 3.49. The van der Waals surface area contributed by atoms with Gasteiger partial charge in [0.1, 0.15) is 12.4 Å². The van der Waals surface area contributed by atoms with Crippen LogP contribution in [0.4, 0.5) is 4.39 Å². The molecular formula is C16H9ClFN3O3. The monoisotopic (exact) mass is 345 g/mol. The number of oxazole rings is 1. The van der Waals surface area contributed by atoms with Crippen LogP contribution in [-0.4, -0.2) is 14.7 Å². The molecule has 24 heavy (non-hydrogen) atoms. The normalized spacial score (nSPS) is 11.2. The number of rotatable bonds is 3. The number of hydrogen-bond acceptors (Lipinski definition) is 5. The van der Waals surface area contributed by atoms with Crippen LogP contribution in [0.15, 0.2) is 56.2 Å². The molecule has 0 amide bonds. The maximum atomic E-state index is 13.0. The lowest BCUT2D eigenvalue weighted by molar-refractivity contribution is 0.367. The maximum absolute atomic E-state index is 13.0. The highest BCUT2D eigenvalue weighted by Crippen LogP contribution is 2.20. The Bertz CT molecular complexity index is 1080. The minimum absolute atomic E-state index is 0.0572. The van der Waals surface area contributed by atoms with E-state index in [2.05, 4.69) is 10.1 Å². The van der Waals surface area contributed by atoms with E-state index in [1.54, 1.807) is 30.3 Å². The smallest absolute Gasteiger partial charge is 0.408 e. The van der Waals surface area contributed by atoms with Crippen LogP contribution in [0.2, 0.25) is 5.02 Å². The molecule has 120 valence electrons. The molecule has 8 heteroatoms. The highest BCUT2D eigenvalue weighted by atomic mass is 35.5. The lowest BCUT2D eigenvalue weighted by atomic mass is 10.2. The van der Waals surface area contributed by atoms with Crippen molar-refractivity contribution in [2.24, 2.45) is 0 Å². The van der Waals surface area contributed by atoms with Crippen LogP contribution in [0.25, 0.3) is 22.5 Å². The number of aromatic nitrogens is 3. The summed E-state index contributed by atoms with van der Waals surface area (Å²) in [6.07, 6.45) is 0. The molecule has 0 spiro atoms. The van der Waals surface area contributed by atoms with Gasteiger partial charge in [-0.1, -0.05) is 16.8 Å². The van der Waals surface area contributed by atoms with Crippen LogP contribution in [0.1, 0.15) is 5.89 Å². The molecule has 2 aromatic heterocycles. The minimum atomic E-state index is -0.547. The van der Waals surface area contributed by atoms with Gasteiger partial charge in [0.25, 0.3) is 0 Å². The van der Waals surface area contributed by atoms with Gasteiger partial charge in [0.15, 0.2) is 5.58 Å². The average molecular weight is 346 g/mol. The third kappa shape index (κ3) is 2.59. The molecule has 2 aromatic carbocycles. The molecule has 0 atom stereocenters. The van der Waals surface area contributed by atoms with E-state index in [0.717, 1.165) is 0 Å². The van der Waals surface area contributed by atoms with Gasteiger partial charge in [0.05, 0.1) is 5.52 Å². The number of halogens is 2. The number of benzene rings is 2. The van der Waals surface area contributed by atoms with Crippen molar-refractivity contribution in [3.05, 3.63) is 69.7 Å². The zero-order chi connectivity index (χ0) is 16.7. The Hall–Kier alpha value is -2.93. The van der Waals surface area contributed by atoms with Crippen molar-refractivity contribution in [2.45, 2.75) is 6.54 Å². The van der Waals surface area contributed by atoms with Gasteiger partial charge in [-0.25, -0.2) is 9.18 Å². The minimum Gasteiger partial charge on any atom is -0.408 e. The highest BCUT2D eigenvalue weighted by molar-refractivity contribution is 6.31. The third-order valence-corrected chi connectivity index (χ3v) is 3.73. The fourth-order valence-corrected chi connectivity index (χ4v) is 2.52. The predicted molar refractivity (Wildman–Crippen MR) is 84.3 cm³/mol. The van der Waals surface area contributed by atoms with Crippen molar-refractivity contribution >= 4 is 22.7 Å². The van der Waals surface area contributed by atoms with Gasteiger partial charge >= 0.3 is 5.76 Å². The Labute approximate surface area is 139 Å². The molecule has 0 radical (unpaired) electrons. The topological polar surface area (TPSA) is 74.1 Å². The lowest BCUT2D eigenvalue weighted by Crippen LogP contribution is -2.15. The number of hydrogen-bond donors (Lipinski definition) is 0. The van der Waals surface area contributed by atoms with Crippen molar-refractivity contribution in [3.8, 4) is 11.4 Å². The molecule has 0 aliphatic carbocycles. The molecule has 0 bridgehead atoms. The van der Waals surface area contributed by atoms with Gasteiger partial charge in [-0.05, 0) is 36.4 Å². The third-order valence-electron chi connectivity index (χ3n) is 3.49. The first-order valence-electron chi connectivity index (χ1n) is 6.97. The van der Waals surface area contributed by atoms with Crippen LogP contribution in [0.3, 0.4) is 0 Å². The van der Waals surface area contributed by atoms with Crippen molar-refractivity contribution < 1.29 is 13.3 Å². The van der Waals surface area contributed by atoms with Crippen LogP contribution in [-0.2, 0) is 6.54 Å². The Balaban J connectivity index is 1.68. The second kappa shape index (κ2) is 5.61. The summed E-state index contributed by atoms with van der Waals surface area (Å²) in [5, 5.41) is 4.32. The van der Waals surface area contributed by atoms with E-state index in [4.69, 9.17) is 20.5 Å². The van der Waals surface area contributed by atoms with Crippen molar-refractivity contribution in [2.75, 3.05) is 0 Å². The Morgan fingerprint density at radius 1 is 1.17 bits per heavy atom. The summed E-state index contributed by atoms with van der Waals surface area (Å²) < 4.78 is 24.6. The largest absolute Gasteiger partial charge is 0.420 e. The molecule has 0 aliphatic heterocycles. The molecule has 0 saturated heterocycles. The standard InChI is InChI=1S/C16H9ClFN3O3/c17-10-3-6-12-13(7-10)23-16(22)21(12)8-14-19-15(20-24-14)9-1-4-11(18)5-2-9/h1-7H,8H2. The van der Waals surface area contributed by atoms with Gasteiger partial charge < -0.3 is 8.94 Å². The van der Waals surface area contributed by atoms with E-state index in [1.807, 2.05) is 0 Å². The van der Waals surface area contributed by atoms with E-state index in [1.165, 1.54) is 16.7 Å².